The Labute approximate surface area is 64.5 Å². The average molecular weight is 148 g/mol. The molecule has 1 aromatic rings. The molecule has 1 N–H and O–H groups in total. The predicted octanol–water partition coefficient (Wildman–Crippen LogP) is 1.23. The molecule has 0 aliphatic carbocycles. The lowest BCUT2D eigenvalue weighted by atomic mass is 10.1. The van der Waals surface area contributed by atoms with Crippen molar-refractivity contribution in [3.63, 3.8) is 0 Å². The number of hydrogen-bond donors (Lipinski definition) is 1. The van der Waals surface area contributed by atoms with Gasteiger partial charge in [-0.3, -0.25) is 5.21 Å². The Morgan fingerprint density at radius 3 is 3.09 bits per heavy atom. The Bertz CT molecular complexity index is 296. The van der Waals surface area contributed by atoms with Crippen LogP contribution in [0.1, 0.15) is 11.1 Å². The van der Waals surface area contributed by atoms with Gasteiger partial charge in [0.2, 0.25) is 0 Å². The van der Waals surface area contributed by atoms with E-state index >= 15 is 0 Å². The lowest BCUT2D eigenvalue weighted by molar-refractivity contribution is -0.0990. The Kier molecular flexibility index (Phi) is 1.36. The summed E-state index contributed by atoms with van der Waals surface area (Å²) in [5, 5.41) is 13.7. The third kappa shape index (κ3) is 1.10. The second-order valence-electron chi connectivity index (χ2n) is 2.47. The molecule has 0 unspecified atom stereocenters. The van der Waals surface area contributed by atoms with E-state index < -0.39 is 0 Å². The highest BCUT2D eigenvalue weighted by Crippen LogP contribution is 2.12. The molecule has 0 radical (unpaired) electrons. The van der Waals surface area contributed by atoms with E-state index in [1.165, 1.54) is 0 Å². The maximum Gasteiger partial charge on any atom is 0.0902 e. The van der Waals surface area contributed by atoms with E-state index in [2.05, 4.69) is 5.10 Å². The fourth-order valence-electron chi connectivity index (χ4n) is 1.13. The van der Waals surface area contributed by atoms with Crippen LogP contribution in [0.4, 0.5) is 0 Å². The van der Waals surface area contributed by atoms with Gasteiger partial charge in [-0.25, -0.2) is 0 Å². The Morgan fingerprint density at radius 2 is 2.18 bits per heavy atom. The summed E-state index contributed by atoms with van der Waals surface area (Å²) in [5.41, 5.74) is 2.18. The molecule has 0 saturated heterocycles. The van der Waals surface area contributed by atoms with Crippen molar-refractivity contribution in [1.82, 2.24) is 5.17 Å². The van der Waals surface area contributed by atoms with Gasteiger partial charge in [0, 0.05) is 0 Å². The van der Waals surface area contributed by atoms with Crippen LogP contribution >= 0.6 is 0 Å². The van der Waals surface area contributed by atoms with Gasteiger partial charge < -0.3 is 0 Å². The molecule has 0 bridgehead atoms. The first-order chi connectivity index (χ1) is 5.36. The summed E-state index contributed by atoms with van der Waals surface area (Å²) in [6.07, 6.45) is 1.65. The van der Waals surface area contributed by atoms with Crippen LogP contribution in [0.25, 0.3) is 0 Å². The van der Waals surface area contributed by atoms with E-state index in [1.807, 2.05) is 24.3 Å². The van der Waals surface area contributed by atoms with Gasteiger partial charge in [-0.1, -0.05) is 24.3 Å². The van der Waals surface area contributed by atoms with Crippen molar-refractivity contribution in [2.45, 2.75) is 6.54 Å². The minimum Gasteiger partial charge on any atom is -0.271 e. The number of rotatable bonds is 0. The van der Waals surface area contributed by atoms with Crippen molar-refractivity contribution in [3.8, 4) is 0 Å². The lowest BCUT2D eigenvalue weighted by Crippen LogP contribution is -2.17. The van der Waals surface area contributed by atoms with E-state index in [0.717, 1.165) is 16.3 Å². The molecular formula is C8H8N2O. The van der Waals surface area contributed by atoms with E-state index in [0.29, 0.717) is 6.54 Å². The van der Waals surface area contributed by atoms with E-state index in [9.17, 15) is 0 Å². The van der Waals surface area contributed by atoms with Crippen LogP contribution in [-0.4, -0.2) is 16.6 Å². The van der Waals surface area contributed by atoms with Gasteiger partial charge in [0.25, 0.3) is 0 Å². The molecule has 3 nitrogen and oxygen atoms in total. The molecule has 1 aromatic carbocycles. The van der Waals surface area contributed by atoms with Crippen LogP contribution in [0.3, 0.4) is 0 Å². The molecule has 0 saturated carbocycles. The number of hydroxylamine groups is 1. The summed E-state index contributed by atoms with van der Waals surface area (Å²) in [6.45, 7) is 0.479. The van der Waals surface area contributed by atoms with Crippen molar-refractivity contribution in [1.29, 1.82) is 0 Å². The first kappa shape index (κ1) is 6.37. The Morgan fingerprint density at radius 1 is 1.36 bits per heavy atom. The molecule has 3 heteroatoms. The quantitative estimate of drug-likeness (QED) is 0.600. The summed E-state index contributed by atoms with van der Waals surface area (Å²) in [7, 11) is 0. The summed E-state index contributed by atoms with van der Waals surface area (Å²) < 4.78 is 0. The molecule has 0 fully saturated rings. The number of nitrogens with zero attached hydrogens (tertiary/aromatic N) is 2. The van der Waals surface area contributed by atoms with Crippen molar-refractivity contribution in [3.05, 3.63) is 35.4 Å². The van der Waals surface area contributed by atoms with Gasteiger partial charge in [-0.2, -0.15) is 10.3 Å². The summed E-state index contributed by atoms with van der Waals surface area (Å²) >= 11 is 0. The molecule has 11 heavy (non-hydrogen) atoms. The molecule has 1 heterocycles. The third-order valence-electron chi connectivity index (χ3n) is 1.70. The number of hydrogen-bond acceptors (Lipinski definition) is 3. The van der Waals surface area contributed by atoms with E-state index in [1.54, 1.807) is 6.21 Å². The molecule has 1 aliphatic rings. The zero-order chi connectivity index (χ0) is 7.68. The smallest absolute Gasteiger partial charge is 0.0902 e. The molecule has 0 amide bonds. The molecule has 2 rings (SSSR count). The van der Waals surface area contributed by atoms with Gasteiger partial charge in [0.15, 0.2) is 0 Å². The van der Waals surface area contributed by atoms with Crippen LogP contribution in [0, 0.1) is 0 Å². The minimum absolute atomic E-state index is 0.479. The van der Waals surface area contributed by atoms with Gasteiger partial charge >= 0.3 is 0 Å². The first-order valence-electron chi connectivity index (χ1n) is 3.44. The Hall–Kier alpha value is -1.35. The zero-order valence-corrected chi connectivity index (χ0v) is 5.94. The van der Waals surface area contributed by atoms with Crippen molar-refractivity contribution >= 4 is 6.21 Å². The third-order valence-corrected chi connectivity index (χ3v) is 1.70. The molecule has 0 spiro atoms. The Balaban J connectivity index is 2.46. The minimum atomic E-state index is 0.479. The number of fused-ring (bicyclic) bond motifs is 1. The topological polar surface area (TPSA) is 35.8 Å². The second kappa shape index (κ2) is 2.36. The maximum absolute atomic E-state index is 8.99. The zero-order valence-electron chi connectivity index (χ0n) is 5.94. The highest BCUT2D eigenvalue weighted by atomic mass is 16.5. The van der Waals surface area contributed by atoms with Crippen molar-refractivity contribution in [2.24, 2.45) is 5.10 Å². The van der Waals surface area contributed by atoms with Gasteiger partial charge in [-0.15, -0.1) is 0 Å². The molecule has 1 aliphatic heterocycles. The molecular weight excluding hydrogens is 140 g/mol. The second-order valence-corrected chi connectivity index (χ2v) is 2.47. The summed E-state index contributed by atoms with van der Waals surface area (Å²) in [6, 6.07) is 7.86. The number of benzene rings is 1. The largest absolute Gasteiger partial charge is 0.271 e. The van der Waals surface area contributed by atoms with Crippen LogP contribution in [0.15, 0.2) is 29.4 Å². The van der Waals surface area contributed by atoms with Gasteiger partial charge in [0.1, 0.15) is 0 Å². The van der Waals surface area contributed by atoms with Crippen LogP contribution < -0.4 is 0 Å². The normalized spacial score (nSPS) is 14.8. The van der Waals surface area contributed by atoms with Crippen LogP contribution in [-0.2, 0) is 6.54 Å². The van der Waals surface area contributed by atoms with Crippen molar-refractivity contribution in [2.75, 3.05) is 0 Å². The SMILES string of the molecule is ON1Cc2ccccc2C=N1. The standard InChI is InChI=1S/C8H8N2O/c11-10-6-8-4-2-1-3-7(8)5-9-10/h1-5,11H,6H2. The lowest BCUT2D eigenvalue weighted by Gasteiger charge is -2.16. The maximum atomic E-state index is 8.99. The highest BCUT2D eigenvalue weighted by Gasteiger charge is 2.07. The predicted molar refractivity (Wildman–Crippen MR) is 41.4 cm³/mol. The van der Waals surface area contributed by atoms with Crippen LogP contribution in [0.2, 0.25) is 0 Å². The average Bonchev–Trinajstić information content (AvgIpc) is 2.04. The molecule has 0 atom stereocenters. The van der Waals surface area contributed by atoms with Gasteiger partial charge in [0.05, 0.1) is 12.8 Å². The highest BCUT2D eigenvalue weighted by molar-refractivity contribution is 5.82. The monoisotopic (exact) mass is 148 g/mol. The first-order valence-corrected chi connectivity index (χ1v) is 3.44. The van der Waals surface area contributed by atoms with E-state index in [4.69, 9.17) is 5.21 Å². The van der Waals surface area contributed by atoms with Crippen LogP contribution in [0.5, 0.6) is 0 Å². The molecule has 56 valence electrons. The number of hydrazone groups is 1. The van der Waals surface area contributed by atoms with Gasteiger partial charge in [-0.05, 0) is 11.1 Å². The fourth-order valence-corrected chi connectivity index (χ4v) is 1.13. The van der Waals surface area contributed by atoms with Crippen molar-refractivity contribution < 1.29 is 5.21 Å². The fraction of sp³-hybridized carbons (Fsp3) is 0.125. The van der Waals surface area contributed by atoms with E-state index in [-0.39, 0.29) is 0 Å². The summed E-state index contributed by atoms with van der Waals surface area (Å²) in [4.78, 5) is 0. The molecule has 0 aromatic heterocycles. The summed E-state index contributed by atoms with van der Waals surface area (Å²) in [5.74, 6) is 0.